The van der Waals surface area contributed by atoms with Gasteiger partial charge in [-0.2, -0.15) is 8.78 Å². The minimum Gasteiger partial charge on any atom is -0.460 e. The Morgan fingerprint density at radius 3 is 2.50 bits per heavy atom. The fourth-order valence-electron chi connectivity index (χ4n) is 1.19. The van der Waals surface area contributed by atoms with Crippen molar-refractivity contribution in [3.05, 3.63) is 29.8 Å². The van der Waals surface area contributed by atoms with E-state index in [1.165, 1.54) is 24.3 Å². The number of esters is 1. The van der Waals surface area contributed by atoms with Gasteiger partial charge in [-0.05, 0) is 31.2 Å². The Morgan fingerprint density at radius 1 is 1.28 bits per heavy atom. The van der Waals surface area contributed by atoms with Crippen molar-refractivity contribution in [2.75, 3.05) is 19.8 Å². The Labute approximate surface area is 108 Å². The van der Waals surface area contributed by atoms with Crippen LogP contribution in [0.4, 0.5) is 8.78 Å². The summed E-state index contributed by atoms with van der Waals surface area (Å²) in [4.78, 5) is 11.9. The lowest BCUT2D eigenvalue weighted by Gasteiger charge is -2.05. The molecule has 0 aliphatic carbocycles. The minimum atomic E-state index is -2.46. The van der Waals surface area contributed by atoms with Crippen molar-refractivity contribution in [1.29, 1.82) is 0 Å². The number of thioether (sulfide) groups is 1. The second-order valence-corrected chi connectivity index (χ2v) is 4.30. The van der Waals surface area contributed by atoms with E-state index in [0.29, 0.717) is 35.4 Å². The van der Waals surface area contributed by atoms with Crippen molar-refractivity contribution >= 4 is 17.7 Å². The normalized spacial score (nSPS) is 10.7. The summed E-state index contributed by atoms with van der Waals surface area (Å²) >= 11 is 0.438. The summed E-state index contributed by atoms with van der Waals surface area (Å²) in [5.74, 6) is -2.95. The topological polar surface area (TPSA) is 35.5 Å². The smallest absolute Gasteiger partial charge is 0.338 e. The predicted octanol–water partition coefficient (Wildman–Crippen LogP) is 3.19. The second kappa shape index (κ2) is 8.05. The molecule has 6 heteroatoms. The molecule has 1 rings (SSSR count). The standard InChI is InChI=1S/C12H14F2O3S/c1-2-16-7-8-17-11(15)9-3-5-10(6-4-9)18-12(13)14/h3-6,12H,2,7-8H2,1H3. The van der Waals surface area contributed by atoms with Crippen LogP contribution in [0.15, 0.2) is 29.2 Å². The van der Waals surface area contributed by atoms with Crippen LogP contribution in [0.5, 0.6) is 0 Å². The highest BCUT2D eigenvalue weighted by atomic mass is 32.2. The fourth-order valence-corrected chi connectivity index (χ4v) is 1.69. The molecule has 0 saturated carbocycles. The molecule has 0 N–H and O–H groups in total. The van der Waals surface area contributed by atoms with Crippen LogP contribution in [0.2, 0.25) is 0 Å². The van der Waals surface area contributed by atoms with E-state index >= 15 is 0 Å². The first-order valence-electron chi connectivity index (χ1n) is 5.43. The van der Waals surface area contributed by atoms with E-state index in [1.54, 1.807) is 0 Å². The van der Waals surface area contributed by atoms with Crippen LogP contribution in [-0.4, -0.2) is 31.5 Å². The Bertz CT molecular complexity index is 368. The first kappa shape index (κ1) is 14.9. The summed E-state index contributed by atoms with van der Waals surface area (Å²) in [7, 11) is 0. The number of halogens is 2. The molecule has 0 bridgehead atoms. The van der Waals surface area contributed by atoms with Crippen LogP contribution in [0, 0.1) is 0 Å². The Morgan fingerprint density at radius 2 is 1.94 bits per heavy atom. The number of benzene rings is 1. The number of hydrogen-bond donors (Lipinski definition) is 0. The Kier molecular flexibility index (Phi) is 6.67. The molecule has 18 heavy (non-hydrogen) atoms. The minimum absolute atomic E-state index is 0.181. The zero-order chi connectivity index (χ0) is 13.4. The second-order valence-electron chi connectivity index (χ2n) is 3.24. The van der Waals surface area contributed by atoms with Gasteiger partial charge in [-0.3, -0.25) is 0 Å². The van der Waals surface area contributed by atoms with Crippen molar-refractivity contribution in [1.82, 2.24) is 0 Å². The van der Waals surface area contributed by atoms with Gasteiger partial charge < -0.3 is 9.47 Å². The predicted molar refractivity (Wildman–Crippen MR) is 65.1 cm³/mol. The molecule has 0 aliphatic heterocycles. The summed E-state index contributed by atoms with van der Waals surface area (Å²) < 4.78 is 34.1. The fraction of sp³-hybridized carbons (Fsp3) is 0.417. The van der Waals surface area contributed by atoms with Gasteiger partial charge in [0.15, 0.2) is 0 Å². The molecule has 0 saturated heterocycles. The zero-order valence-electron chi connectivity index (χ0n) is 9.90. The maximum atomic E-state index is 12.1. The molecule has 1 aromatic carbocycles. The van der Waals surface area contributed by atoms with E-state index in [0.717, 1.165) is 0 Å². The van der Waals surface area contributed by atoms with Crippen LogP contribution in [0.25, 0.3) is 0 Å². The molecule has 0 aliphatic rings. The summed E-state index contributed by atoms with van der Waals surface area (Å²) in [6, 6.07) is 5.87. The number of rotatable bonds is 7. The molecule has 0 heterocycles. The van der Waals surface area contributed by atoms with Crippen LogP contribution in [-0.2, 0) is 9.47 Å². The zero-order valence-corrected chi connectivity index (χ0v) is 10.7. The van der Waals surface area contributed by atoms with Crippen molar-refractivity contribution in [3.63, 3.8) is 0 Å². The highest BCUT2D eigenvalue weighted by Crippen LogP contribution is 2.25. The molecular formula is C12H14F2O3S. The summed E-state index contributed by atoms with van der Waals surface area (Å²) in [6.07, 6.45) is 0. The SMILES string of the molecule is CCOCCOC(=O)c1ccc(SC(F)F)cc1. The van der Waals surface area contributed by atoms with Crippen molar-refractivity contribution in [2.24, 2.45) is 0 Å². The molecule has 1 aromatic rings. The van der Waals surface area contributed by atoms with Crippen LogP contribution in [0.3, 0.4) is 0 Å². The molecule has 0 atom stereocenters. The third-order valence-electron chi connectivity index (χ3n) is 1.98. The maximum absolute atomic E-state index is 12.1. The molecule has 3 nitrogen and oxygen atoms in total. The molecule has 0 radical (unpaired) electrons. The van der Waals surface area contributed by atoms with E-state index in [4.69, 9.17) is 9.47 Å². The lowest BCUT2D eigenvalue weighted by molar-refractivity contribution is 0.0335. The lowest BCUT2D eigenvalue weighted by atomic mass is 10.2. The van der Waals surface area contributed by atoms with Gasteiger partial charge in [0.1, 0.15) is 6.61 Å². The van der Waals surface area contributed by atoms with Crippen LogP contribution < -0.4 is 0 Å². The highest BCUT2D eigenvalue weighted by Gasteiger charge is 2.09. The first-order chi connectivity index (χ1) is 8.63. The largest absolute Gasteiger partial charge is 0.460 e. The van der Waals surface area contributed by atoms with Gasteiger partial charge in [0.05, 0.1) is 12.2 Å². The average Bonchev–Trinajstić information content (AvgIpc) is 2.34. The third-order valence-corrected chi connectivity index (χ3v) is 2.70. The van der Waals surface area contributed by atoms with Crippen LogP contribution >= 0.6 is 11.8 Å². The summed E-state index contributed by atoms with van der Waals surface area (Å²) in [6.45, 7) is 2.94. The number of ether oxygens (including phenoxy) is 2. The van der Waals surface area contributed by atoms with Gasteiger partial charge in [-0.15, -0.1) is 0 Å². The average molecular weight is 276 g/mol. The molecule has 0 aromatic heterocycles. The monoisotopic (exact) mass is 276 g/mol. The highest BCUT2D eigenvalue weighted by molar-refractivity contribution is 7.99. The number of alkyl halides is 2. The van der Waals surface area contributed by atoms with Crippen molar-refractivity contribution in [2.45, 2.75) is 17.6 Å². The lowest BCUT2D eigenvalue weighted by Crippen LogP contribution is -2.10. The van der Waals surface area contributed by atoms with Gasteiger partial charge in [-0.25, -0.2) is 4.79 Å². The van der Waals surface area contributed by atoms with Crippen molar-refractivity contribution < 1.29 is 23.0 Å². The van der Waals surface area contributed by atoms with E-state index in [1.807, 2.05) is 6.92 Å². The van der Waals surface area contributed by atoms with Gasteiger partial charge >= 0.3 is 5.97 Å². The number of carbonyl (C=O) groups excluding carboxylic acids is 1. The molecule has 0 fully saturated rings. The Balaban J connectivity index is 2.43. The molecule has 0 unspecified atom stereocenters. The Hall–Kier alpha value is -1.14. The van der Waals surface area contributed by atoms with Crippen LogP contribution in [0.1, 0.15) is 17.3 Å². The maximum Gasteiger partial charge on any atom is 0.338 e. The molecular weight excluding hydrogens is 262 g/mol. The van der Waals surface area contributed by atoms with Gasteiger partial charge in [-0.1, -0.05) is 11.8 Å². The van der Waals surface area contributed by atoms with E-state index in [-0.39, 0.29) is 6.61 Å². The summed E-state index contributed by atoms with van der Waals surface area (Å²) in [5, 5.41) is 0. The third kappa shape index (κ3) is 5.46. The van der Waals surface area contributed by atoms with E-state index in [9.17, 15) is 13.6 Å². The number of carbonyl (C=O) groups is 1. The van der Waals surface area contributed by atoms with E-state index < -0.39 is 11.7 Å². The van der Waals surface area contributed by atoms with Gasteiger partial charge in [0.2, 0.25) is 0 Å². The van der Waals surface area contributed by atoms with Gasteiger partial charge in [0, 0.05) is 11.5 Å². The van der Waals surface area contributed by atoms with Crippen molar-refractivity contribution in [3.8, 4) is 0 Å². The molecule has 0 spiro atoms. The summed E-state index contributed by atoms with van der Waals surface area (Å²) in [5.41, 5.74) is 0.338. The van der Waals surface area contributed by atoms with E-state index in [2.05, 4.69) is 0 Å². The first-order valence-corrected chi connectivity index (χ1v) is 6.31. The molecule has 0 amide bonds. The number of hydrogen-bond acceptors (Lipinski definition) is 4. The molecule has 100 valence electrons. The van der Waals surface area contributed by atoms with Gasteiger partial charge in [0.25, 0.3) is 5.76 Å². The quantitative estimate of drug-likeness (QED) is 0.435.